The van der Waals surface area contributed by atoms with Crippen LogP contribution in [0.25, 0.3) is 0 Å². The Morgan fingerprint density at radius 2 is 1.71 bits per heavy atom. The molecule has 0 radical (unpaired) electrons. The Morgan fingerprint density at radius 3 is 2.29 bits per heavy atom. The molecule has 3 aliphatic rings. The van der Waals surface area contributed by atoms with Gasteiger partial charge in [0, 0.05) is 37.3 Å². The van der Waals surface area contributed by atoms with Gasteiger partial charge < -0.3 is 24.2 Å². The maximum Gasteiger partial charge on any atom is 0.414 e. The first-order chi connectivity index (χ1) is 11.7. The lowest BCUT2D eigenvalue weighted by Crippen LogP contribution is -2.45. The number of aliphatic hydroxyl groups excluding tert-OH is 1. The summed E-state index contributed by atoms with van der Waals surface area (Å²) in [6.45, 7) is 3.38. The standard InChI is InChI=1S/C17H22N2O5/c20-12-15-11-19(16(21)24-15)14-3-1-13(2-4-14)18-7-5-17(6-8-18)22-9-10-23-17/h1-4,15,20H,5-12H2/t15-/m1/s1. The van der Waals surface area contributed by atoms with E-state index in [-0.39, 0.29) is 12.4 Å². The quantitative estimate of drug-likeness (QED) is 0.900. The number of carbonyl (C=O) groups excluding carboxylic acids is 1. The Kier molecular flexibility index (Phi) is 4.07. The highest BCUT2D eigenvalue weighted by molar-refractivity contribution is 5.90. The fourth-order valence-electron chi connectivity index (χ4n) is 3.56. The summed E-state index contributed by atoms with van der Waals surface area (Å²) in [6, 6.07) is 7.87. The largest absolute Gasteiger partial charge is 0.441 e. The minimum atomic E-state index is -0.443. The van der Waals surface area contributed by atoms with E-state index in [0.29, 0.717) is 19.8 Å². The fraction of sp³-hybridized carbons (Fsp3) is 0.588. The summed E-state index contributed by atoms with van der Waals surface area (Å²) in [4.78, 5) is 15.7. The van der Waals surface area contributed by atoms with Crippen LogP contribution in [0.15, 0.2) is 24.3 Å². The summed E-state index contributed by atoms with van der Waals surface area (Å²) in [6.07, 6.45) is 0.885. The predicted molar refractivity (Wildman–Crippen MR) is 87.2 cm³/mol. The van der Waals surface area contributed by atoms with Crippen molar-refractivity contribution < 1.29 is 24.1 Å². The zero-order valence-electron chi connectivity index (χ0n) is 13.5. The van der Waals surface area contributed by atoms with E-state index in [2.05, 4.69) is 4.90 Å². The topological polar surface area (TPSA) is 71.5 Å². The van der Waals surface area contributed by atoms with E-state index in [4.69, 9.17) is 19.3 Å². The Labute approximate surface area is 140 Å². The number of ether oxygens (including phenoxy) is 3. The second-order valence-electron chi connectivity index (χ2n) is 6.41. The van der Waals surface area contributed by atoms with Gasteiger partial charge in [0.1, 0.15) is 6.10 Å². The van der Waals surface area contributed by atoms with Gasteiger partial charge in [0.15, 0.2) is 5.79 Å². The second-order valence-corrected chi connectivity index (χ2v) is 6.41. The molecular formula is C17H22N2O5. The fourth-order valence-corrected chi connectivity index (χ4v) is 3.56. The SMILES string of the molecule is O=C1O[C@@H](CO)CN1c1ccc(N2CCC3(CC2)OCCO3)cc1. The smallest absolute Gasteiger partial charge is 0.414 e. The molecule has 0 aromatic heterocycles. The first kappa shape index (κ1) is 15.7. The van der Waals surface area contributed by atoms with E-state index in [0.717, 1.165) is 37.3 Å². The predicted octanol–water partition coefficient (Wildman–Crippen LogP) is 1.35. The van der Waals surface area contributed by atoms with Crippen molar-refractivity contribution in [1.29, 1.82) is 0 Å². The highest BCUT2D eigenvalue weighted by Gasteiger charge is 2.39. The van der Waals surface area contributed by atoms with Crippen LogP contribution in [-0.4, -0.2) is 62.5 Å². The summed E-state index contributed by atoms with van der Waals surface area (Å²) in [5.74, 6) is -0.366. The third kappa shape index (κ3) is 2.83. The molecule has 1 aromatic carbocycles. The molecule has 0 bridgehead atoms. The molecular weight excluding hydrogens is 312 g/mol. The normalized spacial score (nSPS) is 26.2. The van der Waals surface area contributed by atoms with Gasteiger partial charge in [-0.3, -0.25) is 4.90 Å². The number of hydrogen-bond donors (Lipinski definition) is 1. The van der Waals surface area contributed by atoms with Crippen molar-refractivity contribution in [1.82, 2.24) is 0 Å². The maximum absolute atomic E-state index is 11.8. The number of hydrogen-bond acceptors (Lipinski definition) is 6. The molecule has 1 aromatic rings. The van der Waals surface area contributed by atoms with E-state index in [1.165, 1.54) is 0 Å². The van der Waals surface area contributed by atoms with Crippen molar-refractivity contribution in [2.75, 3.05) is 49.3 Å². The molecule has 0 unspecified atom stereocenters. The summed E-state index contributed by atoms with van der Waals surface area (Å²) < 4.78 is 16.6. The number of cyclic esters (lactones) is 1. The monoisotopic (exact) mass is 334 g/mol. The molecule has 7 nitrogen and oxygen atoms in total. The first-order valence-corrected chi connectivity index (χ1v) is 8.41. The molecule has 3 aliphatic heterocycles. The molecule has 3 fully saturated rings. The van der Waals surface area contributed by atoms with Gasteiger partial charge in [-0.15, -0.1) is 0 Å². The van der Waals surface area contributed by atoms with Gasteiger partial charge in [-0.05, 0) is 24.3 Å². The average molecular weight is 334 g/mol. The highest BCUT2D eigenvalue weighted by atomic mass is 16.7. The van der Waals surface area contributed by atoms with Gasteiger partial charge in [0.2, 0.25) is 0 Å². The van der Waals surface area contributed by atoms with Gasteiger partial charge in [-0.2, -0.15) is 0 Å². The van der Waals surface area contributed by atoms with Crippen LogP contribution in [0.1, 0.15) is 12.8 Å². The first-order valence-electron chi connectivity index (χ1n) is 8.41. The van der Waals surface area contributed by atoms with Gasteiger partial charge in [0.25, 0.3) is 0 Å². The molecule has 0 saturated carbocycles. The minimum absolute atomic E-state index is 0.153. The Bertz CT molecular complexity index is 590. The molecule has 24 heavy (non-hydrogen) atoms. The van der Waals surface area contributed by atoms with Crippen LogP contribution in [0.2, 0.25) is 0 Å². The average Bonchev–Trinajstić information content (AvgIpc) is 3.23. The van der Waals surface area contributed by atoms with E-state index in [1.807, 2.05) is 24.3 Å². The van der Waals surface area contributed by atoms with Gasteiger partial charge in [-0.1, -0.05) is 0 Å². The summed E-state index contributed by atoms with van der Waals surface area (Å²) >= 11 is 0. The van der Waals surface area contributed by atoms with Gasteiger partial charge in [0.05, 0.1) is 26.4 Å². The number of piperidine rings is 1. The summed E-state index contributed by atoms with van der Waals surface area (Å²) in [5.41, 5.74) is 1.91. The van der Waals surface area contributed by atoms with Gasteiger partial charge in [-0.25, -0.2) is 4.79 Å². The third-order valence-electron chi connectivity index (χ3n) is 4.94. The van der Waals surface area contributed by atoms with Crippen LogP contribution < -0.4 is 9.80 Å². The Balaban J connectivity index is 1.40. The molecule has 4 rings (SSSR count). The minimum Gasteiger partial charge on any atom is -0.441 e. The number of amides is 1. The molecule has 1 amide bonds. The number of benzene rings is 1. The van der Waals surface area contributed by atoms with Crippen molar-refractivity contribution >= 4 is 17.5 Å². The number of rotatable bonds is 3. The Morgan fingerprint density at radius 1 is 1.08 bits per heavy atom. The van der Waals surface area contributed by atoms with Crippen LogP contribution in [0.3, 0.4) is 0 Å². The van der Waals surface area contributed by atoms with Crippen molar-refractivity contribution in [2.24, 2.45) is 0 Å². The number of anilines is 2. The van der Waals surface area contributed by atoms with E-state index in [1.54, 1.807) is 4.90 Å². The zero-order valence-corrected chi connectivity index (χ0v) is 13.5. The van der Waals surface area contributed by atoms with Crippen molar-refractivity contribution in [3.05, 3.63) is 24.3 Å². The molecule has 3 heterocycles. The van der Waals surface area contributed by atoms with E-state index < -0.39 is 12.2 Å². The van der Waals surface area contributed by atoms with Crippen molar-refractivity contribution in [3.63, 3.8) is 0 Å². The van der Waals surface area contributed by atoms with Crippen LogP contribution in [0.5, 0.6) is 0 Å². The van der Waals surface area contributed by atoms with E-state index >= 15 is 0 Å². The lowest BCUT2D eigenvalue weighted by atomic mass is 10.0. The zero-order chi connectivity index (χ0) is 16.6. The van der Waals surface area contributed by atoms with Crippen LogP contribution in [-0.2, 0) is 14.2 Å². The molecule has 130 valence electrons. The molecule has 1 N–H and O–H groups in total. The van der Waals surface area contributed by atoms with Crippen molar-refractivity contribution in [3.8, 4) is 0 Å². The molecule has 0 aliphatic carbocycles. The summed E-state index contributed by atoms with van der Waals surface area (Å²) in [5, 5.41) is 9.12. The number of nitrogens with zero attached hydrogens (tertiary/aromatic N) is 2. The highest BCUT2D eigenvalue weighted by Crippen LogP contribution is 2.34. The maximum atomic E-state index is 11.8. The van der Waals surface area contributed by atoms with Crippen LogP contribution >= 0.6 is 0 Å². The van der Waals surface area contributed by atoms with E-state index in [9.17, 15) is 4.79 Å². The second kappa shape index (κ2) is 6.23. The lowest BCUT2D eigenvalue weighted by molar-refractivity contribution is -0.169. The molecule has 3 saturated heterocycles. The summed E-state index contributed by atoms with van der Waals surface area (Å²) in [7, 11) is 0. The van der Waals surface area contributed by atoms with Crippen LogP contribution in [0.4, 0.5) is 16.2 Å². The third-order valence-corrected chi connectivity index (χ3v) is 4.94. The molecule has 1 atom stereocenters. The van der Waals surface area contributed by atoms with Gasteiger partial charge >= 0.3 is 6.09 Å². The lowest BCUT2D eigenvalue weighted by Gasteiger charge is -2.38. The van der Waals surface area contributed by atoms with Crippen molar-refractivity contribution in [2.45, 2.75) is 24.7 Å². The Hall–Kier alpha value is -1.83. The molecule has 1 spiro atoms. The van der Waals surface area contributed by atoms with Crippen LogP contribution in [0, 0.1) is 0 Å². The number of carbonyl (C=O) groups is 1. The number of aliphatic hydroxyl groups is 1. The molecule has 7 heteroatoms.